The lowest BCUT2D eigenvalue weighted by Gasteiger charge is -2.39. The SMILES string of the molecule is COC(=O)c1ccccc1N(C)C(=O)C12CCC(c3nc(C#N)c(C#N)nc31)C2(C)C. The monoisotopic (exact) mass is 415 g/mol. The highest BCUT2D eigenvalue weighted by Gasteiger charge is 2.68. The van der Waals surface area contributed by atoms with Gasteiger partial charge in [-0.1, -0.05) is 26.0 Å². The van der Waals surface area contributed by atoms with Crippen LogP contribution in [0.25, 0.3) is 0 Å². The fourth-order valence-corrected chi connectivity index (χ4v) is 5.33. The van der Waals surface area contributed by atoms with Crippen LogP contribution in [0.1, 0.15) is 65.7 Å². The third-order valence-electron chi connectivity index (χ3n) is 6.99. The first-order valence-corrected chi connectivity index (χ1v) is 9.92. The number of aromatic nitrogens is 2. The van der Waals surface area contributed by atoms with Crippen LogP contribution in [-0.2, 0) is 14.9 Å². The van der Waals surface area contributed by atoms with E-state index in [4.69, 9.17) is 4.74 Å². The third-order valence-corrected chi connectivity index (χ3v) is 6.99. The number of benzene rings is 1. The van der Waals surface area contributed by atoms with Crippen molar-refractivity contribution in [2.45, 2.75) is 38.0 Å². The number of methoxy groups -OCH3 is 1. The Hall–Kier alpha value is -3.78. The van der Waals surface area contributed by atoms with Gasteiger partial charge in [0.15, 0.2) is 11.4 Å². The summed E-state index contributed by atoms with van der Waals surface area (Å²) in [4.78, 5) is 36.7. The largest absolute Gasteiger partial charge is 0.465 e. The maximum Gasteiger partial charge on any atom is 0.339 e. The summed E-state index contributed by atoms with van der Waals surface area (Å²) in [7, 11) is 2.92. The molecular weight excluding hydrogens is 394 g/mol. The molecule has 0 aliphatic heterocycles. The van der Waals surface area contributed by atoms with E-state index in [-0.39, 0.29) is 28.8 Å². The molecule has 1 aromatic carbocycles. The van der Waals surface area contributed by atoms with Gasteiger partial charge in [-0.15, -0.1) is 0 Å². The molecule has 2 aliphatic rings. The summed E-state index contributed by atoms with van der Waals surface area (Å²) in [5, 5.41) is 18.8. The Balaban J connectivity index is 1.89. The minimum absolute atomic E-state index is 0.0170. The number of nitrogens with zero attached hydrogens (tertiary/aromatic N) is 5. The minimum Gasteiger partial charge on any atom is -0.465 e. The molecule has 0 saturated heterocycles. The summed E-state index contributed by atoms with van der Waals surface area (Å²) in [6.07, 6.45) is 1.27. The zero-order valence-electron chi connectivity index (χ0n) is 17.8. The lowest BCUT2D eigenvalue weighted by Crippen LogP contribution is -2.51. The van der Waals surface area contributed by atoms with E-state index < -0.39 is 16.8 Å². The number of rotatable bonds is 3. The van der Waals surface area contributed by atoms with Crippen molar-refractivity contribution >= 4 is 17.6 Å². The van der Waals surface area contributed by atoms with Crippen molar-refractivity contribution in [3.8, 4) is 12.1 Å². The van der Waals surface area contributed by atoms with Gasteiger partial charge in [-0.25, -0.2) is 14.8 Å². The smallest absolute Gasteiger partial charge is 0.339 e. The molecule has 1 heterocycles. The van der Waals surface area contributed by atoms with Crippen LogP contribution in [0, 0.1) is 28.1 Å². The molecule has 1 saturated carbocycles. The Morgan fingerprint density at radius 1 is 1.16 bits per heavy atom. The van der Waals surface area contributed by atoms with Gasteiger partial charge in [0.05, 0.1) is 35.2 Å². The summed E-state index contributed by atoms with van der Waals surface area (Å²) in [5.41, 5.74) is 0.173. The van der Waals surface area contributed by atoms with Crippen molar-refractivity contribution in [3.05, 3.63) is 52.6 Å². The number of carbonyl (C=O) groups excluding carboxylic acids is 2. The molecular formula is C23H21N5O3. The molecule has 0 N–H and O–H groups in total. The number of amides is 1. The molecule has 0 radical (unpaired) electrons. The first-order valence-electron chi connectivity index (χ1n) is 9.92. The van der Waals surface area contributed by atoms with Crippen LogP contribution in [-0.4, -0.2) is 36.0 Å². The predicted molar refractivity (Wildman–Crippen MR) is 110 cm³/mol. The fraction of sp³-hybridized carbons (Fsp3) is 0.391. The van der Waals surface area contributed by atoms with Crippen LogP contribution < -0.4 is 4.90 Å². The van der Waals surface area contributed by atoms with E-state index in [2.05, 4.69) is 9.97 Å². The Labute approximate surface area is 180 Å². The van der Waals surface area contributed by atoms with E-state index in [0.29, 0.717) is 23.5 Å². The quantitative estimate of drug-likeness (QED) is 0.707. The topological polar surface area (TPSA) is 120 Å². The first kappa shape index (κ1) is 20.5. The number of hydrogen-bond donors (Lipinski definition) is 0. The summed E-state index contributed by atoms with van der Waals surface area (Å²) in [5.74, 6) is -0.811. The molecule has 2 unspecified atom stereocenters. The van der Waals surface area contributed by atoms with E-state index >= 15 is 0 Å². The molecule has 8 nitrogen and oxygen atoms in total. The van der Waals surface area contributed by atoms with E-state index in [9.17, 15) is 20.1 Å². The van der Waals surface area contributed by atoms with Crippen molar-refractivity contribution in [1.29, 1.82) is 10.5 Å². The summed E-state index contributed by atoms with van der Waals surface area (Å²) in [6, 6.07) is 10.6. The number of likely N-dealkylation sites (N-methyl/N-ethyl adjacent to an activating group) is 1. The number of nitriles is 2. The van der Waals surface area contributed by atoms with Gasteiger partial charge in [-0.2, -0.15) is 10.5 Å². The Kier molecular flexibility index (Phi) is 4.55. The molecule has 2 aromatic rings. The summed E-state index contributed by atoms with van der Waals surface area (Å²) in [6.45, 7) is 4.01. The lowest BCUT2D eigenvalue weighted by molar-refractivity contribution is -0.126. The number of para-hydroxylation sites is 1. The van der Waals surface area contributed by atoms with Crippen molar-refractivity contribution in [3.63, 3.8) is 0 Å². The van der Waals surface area contributed by atoms with Crippen LogP contribution in [0.3, 0.4) is 0 Å². The zero-order valence-corrected chi connectivity index (χ0v) is 17.8. The highest BCUT2D eigenvalue weighted by molar-refractivity contribution is 6.07. The maximum absolute atomic E-state index is 14.1. The number of esters is 1. The first-order chi connectivity index (χ1) is 14.7. The minimum atomic E-state index is -1.02. The molecule has 31 heavy (non-hydrogen) atoms. The van der Waals surface area contributed by atoms with E-state index in [0.717, 1.165) is 6.42 Å². The Bertz CT molecular complexity index is 1210. The van der Waals surface area contributed by atoms with Crippen molar-refractivity contribution in [2.24, 2.45) is 5.41 Å². The van der Waals surface area contributed by atoms with Crippen molar-refractivity contribution < 1.29 is 14.3 Å². The van der Waals surface area contributed by atoms with Crippen molar-refractivity contribution in [2.75, 3.05) is 19.1 Å². The number of ether oxygens (including phenoxy) is 1. The summed E-state index contributed by atoms with van der Waals surface area (Å²) >= 11 is 0. The highest BCUT2D eigenvalue weighted by Crippen LogP contribution is 2.67. The van der Waals surface area contributed by atoms with E-state index in [1.165, 1.54) is 12.0 Å². The molecule has 0 spiro atoms. The van der Waals surface area contributed by atoms with Gasteiger partial charge < -0.3 is 9.64 Å². The third kappa shape index (κ3) is 2.51. The molecule has 8 heteroatoms. The fourth-order valence-electron chi connectivity index (χ4n) is 5.33. The highest BCUT2D eigenvalue weighted by atomic mass is 16.5. The summed E-state index contributed by atoms with van der Waals surface area (Å²) < 4.78 is 4.88. The number of fused-ring (bicyclic) bond motifs is 5. The van der Waals surface area contributed by atoms with Gasteiger partial charge >= 0.3 is 5.97 Å². The maximum atomic E-state index is 14.1. The van der Waals surface area contributed by atoms with E-state index in [1.807, 2.05) is 26.0 Å². The molecule has 1 aromatic heterocycles. The molecule has 1 amide bonds. The van der Waals surface area contributed by atoms with Crippen LogP contribution in [0.2, 0.25) is 0 Å². The lowest BCUT2D eigenvalue weighted by atomic mass is 9.67. The van der Waals surface area contributed by atoms with Gasteiger partial charge in [0, 0.05) is 13.0 Å². The Morgan fingerprint density at radius 2 is 1.81 bits per heavy atom. The van der Waals surface area contributed by atoms with Gasteiger partial charge in [0.25, 0.3) is 0 Å². The number of anilines is 1. The molecule has 2 atom stereocenters. The molecule has 2 aliphatic carbocycles. The molecule has 1 fully saturated rings. The normalized spacial score (nSPS) is 22.2. The van der Waals surface area contributed by atoms with Crippen molar-refractivity contribution in [1.82, 2.24) is 9.97 Å². The average molecular weight is 415 g/mol. The molecule has 4 rings (SSSR count). The average Bonchev–Trinajstić information content (AvgIpc) is 3.17. The molecule has 2 bridgehead atoms. The number of hydrogen-bond acceptors (Lipinski definition) is 7. The van der Waals surface area contributed by atoms with E-state index in [1.54, 1.807) is 31.3 Å². The van der Waals surface area contributed by atoms with Crippen LogP contribution in [0.5, 0.6) is 0 Å². The Morgan fingerprint density at radius 3 is 2.45 bits per heavy atom. The second kappa shape index (κ2) is 6.88. The van der Waals surface area contributed by atoms with Gasteiger partial charge in [-0.3, -0.25) is 4.79 Å². The van der Waals surface area contributed by atoms with Gasteiger partial charge in [0.1, 0.15) is 12.1 Å². The second-order valence-electron chi connectivity index (χ2n) is 8.47. The zero-order chi connectivity index (χ0) is 22.6. The van der Waals surface area contributed by atoms with Crippen LogP contribution in [0.15, 0.2) is 24.3 Å². The second-order valence-corrected chi connectivity index (χ2v) is 8.47. The standard InChI is InChI=1S/C23H21N5O3/c1-22(2)14-9-10-23(22,19-18(14)26-15(11-24)16(12-25)27-19)21(30)28(3)17-8-6-5-7-13(17)20(29)31-4/h5-8,14H,9-10H2,1-4H3. The molecule has 156 valence electrons. The van der Waals surface area contributed by atoms with Gasteiger partial charge in [-0.05, 0) is 30.4 Å². The predicted octanol–water partition coefficient (Wildman–Crippen LogP) is 2.82. The number of carbonyl (C=O) groups is 2. The van der Waals surface area contributed by atoms with Crippen LogP contribution in [0.4, 0.5) is 5.69 Å². The van der Waals surface area contributed by atoms with Gasteiger partial charge in [0.2, 0.25) is 5.91 Å². The van der Waals surface area contributed by atoms with Crippen LogP contribution >= 0.6 is 0 Å².